The zero-order chi connectivity index (χ0) is 20.4. The number of amides is 1. The fourth-order valence-corrected chi connectivity index (χ4v) is 3.32. The summed E-state index contributed by atoms with van der Waals surface area (Å²) in [6.07, 6.45) is 0. The number of nitrogens with zero attached hydrogens (tertiary/aromatic N) is 3. The maximum atomic E-state index is 12.1. The molecular weight excluding hydrogens is 392 g/mol. The molecule has 0 aliphatic carbocycles. The van der Waals surface area contributed by atoms with Crippen molar-refractivity contribution in [2.45, 2.75) is 6.92 Å². The maximum absolute atomic E-state index is 12.1. The average Bonchev–Trinajstić information content (AvgIpc) is 3.41. The molecule has 0 bridgehead atoms. The molecule has 0 radical (unpaired) electrons. The Balaban J connectivity index is 1.53. The van der Waals surface area contributed by atoms with E-state index in [9.17, 15) is 14.9 Å². The Kier molecular flexibility index (Phi) is 4.88. The quantitative estimate of drug-likeness (QED) is 0.371. The van der Waals surface area contributed by atoms with Crippen molar-refractivity contribution in [1.29, 1.82) is 0 Å². The minimum absolute atomic E-state index is 0.00640. The molecular formula is C20H14N4O4S. The van der Waals surface area contributed by atoms with Crippen LogP contribution in [-0.4, -0.2) is 21.0 Å². The van der Waals surface area contributed by atoms with Crippen molar-refractivity contribution in [3.8, 4) is 22.8 Å². The van der Waals surface area contributed by atoms with Gasteiger partial charge in [0.05, 0.1) is 9.80 Å². The highest BCUT2D eigenvalue weighted by molar-refractivity contribution is 7.12. The van der Waals surface area contributed by atoms with E-state index in [-0.39, 0.29) is 17.5 Å². The Morgan fingerprint density at radius 2 is 1.90 bits per heavy atom. The summed E-state index contributed by atoms with van der Waals surface area (Å²) in [4.78, 5) is 27.7. The van der Waals surface area contributed by atoms with Gasteiger partial charge in [0.1, 0.15) is 0 Å². The molecule has 1 amide bonds. The zero-order valence-corrected chi connectivity index (χ0v) is 16.0. The number of carbonyl (C=O) groups excluding carboxylic acids is 1. The van der Waals surface area contributed by atoms with E-state index >= 15 is 0 Å². The summed E-state index contributed by atoms with van der Waals surface area (Å²) >= 11 is 1.37. The second kappa shape index (κ2) is 7.64. The summed E-state index contributed by atoms with van der Waals surface area (Å²) in [6, 6.07) is 15.3. The van der Waals surface area contributed by atoms with E-state index in [0.29, 0.717) is 33.1 Å². The van der Waals surface area contributed by atoms with Gasteiger partial charge in [-0.2, -0.15) is 4.98 Å². The van der Waals surface area contributed by atoms with Crippen LogP contribution in [0.1, 0.15) is 15.2 Å². The average molecular weight is 406 g/mol. The monoisotopic (exact) mass is 406 g/mol. The van der Waals surface area contributed by atoms with E-state index in [4.69, 9.17) is 4.52 Å². The highest BCUT2D eigenvalue weighted by Crippen LogP contribution is 2.28. The van der Waals surface area contributed by atoms with Crippen LogP contribution in [0.2, 0.25) is 0 Å². The van der Waals surface area contributed by atoms with Gasteiger partial charge in [0.25, 0.3) is 17.5 Å². The number of rotatable bonds is 5. The molecule has 0 aliphatic heterocycles. The highest BCUT2D eigenvalue weighted by atomic mass is 32.1. The summed E-state index contributed by atoms with van der Waals surface area (Å²) < 4.78 is 5.27. The van der Waals surface area contributed by atoms with Gasteiger partial charge in [-0.1, -0.05) is 17.3 Å². The topological polar surface area (TPSA) is 111 Å². The number of anilines is 1. The number of hydrogen-bond donors (Lipinski definition) is 1. The first-order chi connectivity index (χ1) is 14.0. The Bertz CT molecular complexity index is 1180. The standard InChI is InChI=1S/C20H14N4O4S/c1-12-4-5-14(11-16(12)24(26)27)20-22-18(23-28-20)13-6-8-15(9-7-13)21-19(25)17-3-2-10-29-17/h2-11H,1H3,(H,21,25). The lowest BCUT2D eigenvalue weighted by Gasteiger charge is -2.03. The summed E-state index contributed by atoms with van der Waals surface area (Å²) in [7, 11) is 0. The predicted octanol–water partition coefficient (Wildman–Crippen LogP) is 4.93. The van der Waals surface area contributed by atoms with Crippen LogP contribution in [0.15, 0.2) is 64.5 Å². The molecule has 0 atom stereocenters. The Morgan fingerprint density at radius 3 is 2.59 bits per heavy atom. The van der Waals surface area contributed by atoms with E-state index in [1.807, 2.05) is 11.4 Å². The van der Waals surface area contributed by atoms with Crippen molar-refractivity contribution in [2.75, 3.05) is 5.32 Å². The van der Waals surface area contributed by atoms with Crippen LogP contribution < -0.4 is 5.32 Å². The normalized spacial score (nSPS) is 10.7. The third kappa shape index (κ3) is 3.90. The van der Waals surface area contributed by atoms with Gasteiger partial charge in [-0.15, -0.1) is 11.3 Å². The van der Waals surface area contributed by atoms with E-state index in [0.717, 1.165) is 0 Å². The van der Waals surface area contributed by atoms with Crippen molar-refractivity contribution in [3.05, 3.63) is 80.5 Å². The lowest BCUT2D eigenvalue weighted by atomic mass is 10.1. The number of nitro groups is 1. The number of thiophene rings is 1. The Hall–Kier alpha value is -3.85. The smallest absolute Gasteiger partial charge is 0.273 e. The van der Waals surface area contributed by atoms with Crippen LogP contribution in [0, 0.1) is 17.0 Å². The van der Waals surface area contributed by atoms with Crippen LogP contribution in [0.5, 0.6) is 0 Å². The highest BCUT2D eigenvalue weighted by Gasteiger charge is 2.16. The summed E-state index contributed by atoms with van der Waals surface area (Å²) in [5, 5.41) is 19.7. The summed E-state index contributed by atoms with van der Waals surface area (Å²) in [5.41, 5.74) is 2.36. The van der Waals surface area contributed by atoms with Gasteiger partial charge in [-0.3, -0.25) is 14.9 Å². The van der Waals surface area contributed by atoms with Crippen LogP contribution >= 0.6 is 11.3 Å². The zero-order valence-electron chi connectivity index (χ0n) is 15.2. The molecule has 0 fully saturated rings. The minimum atomic E-state index is -0.445. The molecule has 4 rings (SSSR count). The molecule has 144 valence electrons. The Morgan fingerprint density at radius 1 is 1.14 bits per heavy atom. The molecule has 0 saturated heterocycles. The molecule has 0 aliphatic rings. The van der Waals surface area contributed by atoms with Crippen molar-refractivity contribution in [3.63, 3.8) is 0 Å². The molecule has 1 N–H and O–H groups in total. The predicted molar refractivity (Wildman–Crippen MR) is 109 cm³/mol. The van der Waals surface area contributed by atoms with Gasteiger partial charge >= 0.3 is 0 Å². The first-order valence-corrected chi connectivity index (χ1v) is 9.43. The van der Waals surface area contributed by atoms with Crippen molar-refractivity contribution in [1.82, 2.24) is 10.1 Å². The number of aromatic nitrogens is 2. The first-order valence-electron chi connectivity index (χ1n) is 8.55. The van der Waals surface area contributed by atoms with Gasteiger partial charge in [0.15, 0.2) is 0 Å². The largest absolute Gasteiger partial charge is 0.334 e. The first kappa shape index (κ1) is 18.5. The third-order valence-electron chi connectivity index (χ3n) is 4.22. The van der Waals surface area contributed by atoms with Gasteiger partial charge in [0, 0.05) is 28.4 Å². The van der Waals surface area contributed by atoms with E-state index < -0.39 is 4.92 Å². The lowest BCUT2D eigenvalue weighted by Crippen LogP contribution is -2.09. The van der Waals surface area contributed by atoms with E-state index in [1.165, 1.54) is 17.4 Å². The van der Waals surface area contributed by atoms with Crippen molar-refractivity contribution in [2.24, 2.45) is 0 Å². The molecule has 29 heavy (non-hydrogen) atoms. The number of aryl methyl sites for hydroxylation is 1. The maximum Gasteiger partial charge on any atom is 0.273 e. The fraction of sp³-hybridized carbons (Fsp3) is 0.0500. The third-order valence-corrected chi connectivity index (χ3v) is 5.09. The number of carbonyl (C=O) groups is 1. The van der Waals surface area contributed by atoms with Gasteiger partial charge in [0.2, 0.25) is 5.82 Å². The molecule has 0 spiro atoms. The second-order valence-corrected chi connectivity index (χ2v) is 7.14. The van der Waals surface area contributed by atoms with Crippen LogP contribution in [0.3, 0.4) is 0 Å². The van der Waals surface area contributed by atoms with Crippen LogP contribution in [0.4, 0.5) is 11.4 Å². The van der Waals surface area contributed by atoms with Crippen LogP contribution in [-0.2, 0) is 0 Å². The van der Waals surface area contributed by atoms with E-state index in [1.54, 1.807) is 49.4 Å². The fourth-order valence-electron chi connectivity index (χ4n) is 2.70. The lowest BCUT2D eigenvalue weighted by molar-refractivity contribution is -0.385. The SMILES string of the molecule is Cc1ccc(-c2nc(-c3ccc(NC(=O)c4cccs4)cc3)no2)cc1[N+](=O)[O-]. The van der Waals surface area contributed by atoms with E-state index in [2.05, 4.69) is 15.5 Å². The van der Waals surface area contributed by atoms with Crippen molar-refractivity contribution >= 4 is 28.6 Å². The van der Waals surface area contributed by atoms with Gasteiger partial charge in [-0.05, 0) is 48.7 Å². The van der Waals surface area contributed by atoms with Gasteiger partial charge < -0.3 is 9.84 Å². The van der Waals surface area contributed by atoms with Gasteiger partial charge in [-0.25, -0.2) is 0 Å². The number of hydrogen-bond acceptors (Lipinski definition) is 7. The molecule has 2 aromatic carbocycles. The molecule has 8 nitrogen and oxygen atoms in total. The number of nitrogens with one attached hydrogen (secondary N) is 1. The minimum Gasteiger partial charge on any atom is -0.334 e. The molecule has 0 saturated carbocycles. The molecule has 9 heteroatoms. The molecule has 2 aromatic heterocycles. The van der Waals surface area contributed by atoms with Crippen molar-refractivity contribution < 1.29 is 14.2 Å². The molecule has 4 aromatic rings. The summed E-state index contributed by atoms with van der Waals surface area (Å²) in [5.74, 6) is 0.369. The second-order valence-electron chi connectivity index (χ2n) is 6.19. The summed E-state index contributed by atoms with van der Waals surface area (Å²) in [6.45, 7) is 1.67. The number of benzene rings is 2. The van der Waals surface area contributed by atoms with Crippen LogP contribution in [0.25, 0.3) is 22.8 Å². The molecule has 2 heterocycles. The molecule has 0 unspecified atom stereocenters. The number of nitro benzene ring substituents is 1. The Labute approximate surface area is 169 Å².